The third kappa shape index (κ3) is 3.64. The van der Waals surface area contributed by atoms with Crippen LogP contribution in [-0.2, 0) is 0 Å². The van der Waals surface area contributed by atoms with Crippen LogP contribution in [0.25, 0.3) is 0 Å². The van der Waals surface area contributed by atoms with Crippen molar-refractivity contribution >= 4 is 23.2 Å². The molecule has 0 amide bonds. The molecule has 0 saturated heterocycles. The number of rotatable bonds is 4. The fraction of sp³-hybridized carbons (Fsp3) is 0.625. The van der Waals surface area contributed by atoms with Gasteiger partial charge in [-0.3, -0.25) is 0 Å². The van der Waals surface area contributed by atoms with Crippen LogP contribution in [0.4, 0.5) is 0 Å². The average molecular weight is 236 g/mol. The first-order chi connectivity index (χ1) is 6.61. The fourth-order valence-electron chi connectivity index (χ4n) is 1.01. The molecule has 14 heavy (non-hydrogen) atoms. The van der Waals surface area contributed by atoms with Crippen LogP contribution in [0.15, 0.2) is 0 Å². The van der Waals surface area contributed by atoms with Crippen molar-refractivity contribution in [1.82, 2.24) is 15.0 Å². The van der Waals surface area contributed by atoms with Crippen molar-refractivity contribution in [2.45, 2.75) is 32.8 Å². The Kier molecular flexibility index (Phi) is 4.35. The molecule has 1 aromatic heterocycles. The molecule has 78 valence electrons. The summed E-state index contributed by atoms with van der Waals surface area (Å²) in [6.07, 6.45) is 2.02. The van der Waals surface area contributed by atoms with Crippen LogP contribution in [0.5, 0.6) is 6.01 Å². The summed E-state index contributed by atoms with van der Waals surface area (Å²) in [5.74, 6) is 0. The van der Waals surface area contributed by atoms with Crippen LogP contribution in [0, 0.1) is 0 Å². The summed E-state index contributed by atoms with van der Waals surface area (Å²) in [5.41, 5.74) is 0. The van der Waals surface area contributed by atoms with E-state index in [1.165, 1.54) is 0 Å². The average Bonchev–Trinajstić information content (AvgIpc) is 2.01. The first kappa shape index (κ1) is 11.5. The molecule has 1 heterocycles. The van der Waals surface area contributed by atoms with Gasteiger partial charge >= 0.3 is 6.01 Å². The summed E-state index contributed by atoms with van der Waals surface area (Å²) in [6.45, 7) is 4.02. The summed E-state index contributed by atoms with van der Waals surface area (Å²) in [4.78, 5) is 11.2. The Morgan fingerprint density at radius 3 is 2.29 bits per heavy atom. The van der Waals surface area contributed by atoms with Crippen molar-refractivity contribution in [1.29, 1.82) is 0 Å². The first-order valence-electron chi connectivity index (χ1n) is 4.35. The molecule has 1 atom stereocenters. The monoisotopic (exact) mass is 235 g/mol. The normalized spacial score (nSPS) is 12.6. The van der Waals surface area contributed by atoms with Gasteiger partial charge in [-0.25, -0.2) is 0 Å². The van der Waals surface area contributed by atoms with E-state index in [-0.39, 0.29) is 22.7 Å². The van der Waals surface area contributed by atoms with E-state index in [0.717, 1.165) is 12.8 Å². The molecule has 1 rings (SSSR count). The Bertz CT molecular complexity index is 288. The topological polar surface area (TPSA) is 47.9 Å². The van der Waals surface area contributed by atoms with Crippen molar-refractivity contribution in [2.75, 3.05) is 0 Å². The minimum Gasteiger partial charge on any atom is -0.460 e. The lowest BCUT2D eigenvalue weighted by atomic mass is 10.2. The first-order valence-corrected chi connectivity index (χ1v) is 5.11. The van der Waals surface area contributed by atoms with Gasteiger partial charge in [-0.15, -0.1) is 0 Å². The standard InChI is InChI=1S/C8H11Cl2N3O/c1-3-4-5(2)14-8-12-6(9)11-7(10)13-8/h5H,3-4H2,1-2H3. The molecule has 1 aromatic rings. The highest BCUT2D eigenvalue weighted by molar-refractivity contribution is 6.31. The second kappa shape index (κ2) is 5.32. The predicted molar refractivity (Wildman–Crippen MR) is 54.8 cm³/mol. The maximum Gasteiger partial charge on any atom is 0.322 e. The van der Waals surface area contributed by atoms with Crippen LogP contribution in [0.3, 0.4) is 0 Å². The maximum absolute atomic E-state index is 5.58. The largest absolute Gasteiger partial charge is 0.460 e. The molecular weight excluding hydrogens is 225 g/mol. The molecular formula is C8H11Cl2N3O. The second-order valence-electron chi connectivity index (χ2n) is 2.87. The van der Waals surface area contributed by atoms with E-state index in [4.69, 9.17) is 27.9 Å². The predicted octanol–water partition coefficient (Wildman–Crippen LogP) is 2.75. The van der Waals surface area contributed by atoms with Gasteiger partial charge in [-0.05, 0) is 36.5 Å². The lowest BCUT2D eigenvalue weighted by molar-refractivity contribution is 0.192. The number of ether oxygens (including phenoxy) is 1. The van der Waals surface area contributed by atoms with Crippen LogP contribution in [-0.4, -0.2) is 21.1 Å². The summed E-state index contributed by atoms with van der Waals surface area (Å²) < 4.78 is 5.39. The summed E-state index contributed by atoms with van der Waals surface area (Å²) in [6, 6.07) is 0.177. The molecule has 1 unspecified atom stereocenters. The lowest BCUT2D eigenvalue weighted by Gasteiger charge is -2.11. The van der Waals surface area contributed by atoms with E-state index in [1.54, 1.807) is 0 Å². The highest BCUT2D eigenvalue weighted by atomic mass is 35.5. The van der Waals surface area contributed by atoms with E-state index in [1.807, 2.05) is 6.92 Å². The van der Waals surface area contributed by atoms with Crippen LogP contribution in [0.2, 0.25) is 10.6 Å². The van der Waals surface area contributed by atoms with Gasteiger partial charge in [-0.2, -0.15) is 15.0 Å². The van der Waals surface area contributed by atoms with E-state index in [0.29, 0.717) is 0 Å². The van der Waals surface area contributed by atoms with Crippen molar-refractivity contribution in [3.63, 3.8) is 0 Å². The second-order valence-corrected chi connectivity index (χ2v) is 3.55. The number of halogens is 2. The van der Waals surface area contributed by atoms with Crippen molar-refractivity contribution in [2.24, 2.45) is 0 Å². The summed E-state index contributed by atoms with van der Waals surface area (Å²) >= 11 is 11.2. The third-order valence-electron chi connectivity index (χ3n) is 1.56. The van der Waals surface area contributed by atoms with Crippen LogP contribution in [0.1, 0.15) is 26.7 Å². The Hall–Kier alpha value is -0.610. The Morgan fingerprint density at radius 2 is 1.79 bits per heavy atom. The van der Waals surface area contributed by atoms with Gasteiger partial charge in [-0.1, -0.05) is 13.3 Å². The van der Waals surface area contributed by atoms with E-state index in [2.05, 4.69) is 21.9 Å². The number of aromatic nitrogens is 3. The van der Waals surface area contributed by atoms with Gasteiger partial charge in [0.2, 0.25) is 10.6 Å². The molecule has 0 radical (unpaired) electrons. The van der Waals surface area contributed by atoms with Crippen molar-refractivity contribution in [3.05, 3.63) is 10.6 Å². The highest BCUT2D eigenvalue weighted by Crippen LogP contribution is 2.13. The Morgan fingerprint density at radius 1 is 1.21 bits per heavy atom. The minimum atomic E-state index is 0.0451. The van der Waals surface area contributed by atoms with E-state index >= 15 is 0 Å². The molecule has 0 N–H and O–H groups in total. The third-order valence-corrected chi connectivity index (χ3v) is 1.90. The SMILES string of the molecule is CCCC(C)Oc1nc(Cl)nc(Cl)n1. The number of hydrogen-bond donors (Lipinski definition) is 0. The molecule has 0 aliphatic rings. The zero-order valence-corrected chi connectivity index (χ0v) is 9.51. The highest BCUT2D eigenvalue weighted by Gasteiger charge is 2.08. The molecule has 0 saturated carbocycles. The van der Waals surface area contributed by atoms with Crippen LogP contribution < -0.4 is 4.74 Å². The molecule has 0 fully saturated rings. The van der Waals surface area contributed by atoms with E-state index in [9.17, 15) is 0 Å². The molecule has 0 bridgehead atoms. The van der Waals surface area contributed by atoms with Gasteiger partial charge in [0.1, 0.15) is 0 Å². The van der Waals surface area contributed by atoms with Gasteiger partial charge in [0.05, 0.1) is 6.10 Å². The fourth-order valence-corrected chi connectivity index (χ4v) is 1.36. The smallest absolute Gasteiger partial charge is 0.322 e. The molecule has 6 heteroatoms. The maximum atomic E-state index is 5.58. The van der Waals surface area contributed by atoms with Gasteiger partial charge in [0, 0.05) is 0 Å². The zero-order valence-electron chi connectivity index (χ0n) is 8.00. The quantitative estimate of drug-likeness (QED) is 0.806. The van der Waals surface area contributed by atoms with Gasteiger partial charge in [0.15, 0.2) is 0 Å². The molecule has 0 aliphatic carbocycles. The minimum absolute atomic E-state index is 0.0451. The van der Waals surface area contributed by atoms with Crippen molar-refractivity contribution < 1.29 is 4.74 Å². The molecule has 4 nitrogen and oxygen atoms in total. The van der Waals surface area contributed by atoms with E-state index < -0.39 is 0 Å². The Balaban J connectivity index is 2.66. The number of hydrogen-bond acceptors (Lipinski definition) is 4. The summed E-state index contributed by atoms with van der Waals surface area (Å²) in [7, 11) is 0. The van der Waals surface area contributed by atoms with Gasteiger partial charge in [0.25, 0.3) is 0 Å². The molecule has 0 aliphatic heterocycles. The zero-order chi connectivity index (χ0) is 10.6. The molecule has 0 aromatic carbocycles. The number of nitrogens with zero attached hydrogens (tertiary/aromatic N) is 3. The Labute approximate surface area is 92.6 Å². The van der Waals surface area contributed by atoms with Gasteiger partial charge < -0.3 is 4.74 Å². The van der Waals surface area contributed by atoms with Crippen LogP contribution >= 0.6 is 23.2 Å². The summed E-state index contributed by atoms with van der Waals surface area (Å²) in [5, 5.41) is 0.0902. The molecule has 0 spiro atoms. The lowest BCUT2D eigenvalue weighted by Crippen LogP contribution is -2.13. The van der Waals surface area contributed by atoms with Crippen molar-refractivity contribution in [3.8, 4) is 6.01 Å².